The van der Waals surface area contributed by atoms with E-state index in [0.29, 0.717) is 29.3 Å². The summed E-state index contributed by atoms with van der Waals surface area (Å²) in [5, 5.41) is 9.13. The molecular formula is C16H11N3O2. The lowest BCUT2D eigenvalue weighted by atomic mass is 10.2. The predicted octanol–water partition coefficient (Wildman–Crippen LogP) is 2.95. The number of para-hydroxylation sites is 3. The molecule has 0 bridgehead atoms. The van der Waals surface area contributed by atoms with Crippen molar-refractivity contribution in [2.75, 3.05) is 6.61 Å². The third-order valence-corrected chi connectivity index (χ3v) is 3.47. The number of H-pyrrole nitrogens is 1. The largest absolute Gasteiger partial charge is 0.485 e. The number of imidazole rings is 1. The minimum absolute atomic E-state index is 0.307. The first-order chi connectivity index (χ1) is 10.3. The quantitative estimate of drug-likeness (QED) is 0.742. The number of benzene rings is 2. The Balaban J connectivity index is 1.74. The van der Waals surface area contributed by atoms with Gasteiger partial charge in [0.2, 0.25) is 0 Å². The van der Waals surface area contributed by atoms with Crippen LogP contribution in [0.3, 0.4) is 0 Å². The van der Waals surface area contributed by atoms with Crippen LogP contribution < -0.4 is 9.47 Å². The van der Waals surface area contributed by atoms with E-state index < -0.39 is 0 Å². The van der Waals surface area contributed by atoms with Crippen molar-refractivity contribution in [2.24, 2.45) is 0 Å². The highest BCUT2D eigenvalue weighted by Gasteiger charge is 2.25. The zero-order valence-electron chi connectivity index (χ0n) is 11.0. The maximum atomic E-state index is 9.13. The second kappa shape index (κ2) is 4.53. The minimum atomic E-state index is -0.307. The number of nitrogens with one attached hydrogen (secondary N) is 1. The summed E-state index contributed by atoms with van der Waals surface area (Å²) in [6.07, 6.45) is -0.307. The van der Waals surface area contributed by atoms with Crippen LogP contribution in [0.4, 0.5) is 0 Å². The summed E-state index contributed by atoms with van der Waals surface area (Å²) in [5.74, 6) is 2.11. The van der Waals surface area contributed by atoms with Crippen molar-refractivity contribution in [3.63, 3.8) is 0 Å². The fourth-order valence-electron chi connectivity index (χ4n) is 2.45. The fourth-order valence-corrected chi connectivity index (χ4v) is 2.45. The Bertz CT molecular complexity index is 863. The summed E-state index contributed by atoms with van der Waals surface area (Å²) in [6, 6.07) is 15.2. The van der Waals surface area contributed by atoms with Crippen LogP contribution in [0.1, 0.15) is 17.5 Å². The highest BCUT2D eigenvalue weighted by molar-refractivity contribution is 5.81. The molecule has 0 fully saturated rings. The first-order valence-electron chi connectivity index (χ1n) is 6.62. The van der Waals surface area contributed by atoms with Gasteiger partial charge in [0.25, 0.3) is 0 Å². The summed E-state index contributed by atoms with van der Waals surface area (Å²) < 4.78 is 11.6. The van der Waals surface area contributed by atoms with Gasteiger partial charge in [0.1, 0.15) is 18.2 Å². The Morgan fingerprint density at radius 2 is 2.00 bits per heavy atom. The highest BCUT2D eigenvalue weighted by Crippen LogP contribution is 2.35. The van der Waals surface area contributed by atoms with Gasteiger partial charge in [-0.3, -0.25) is 0 Å². The normalized spacial score (nSPS) is 16.6. The fraction of sp³-hybridized carbons (Fsp3) is 0.125. The molecule has 0 spiro atoms. The molecule has 0 amide bonds. The Labute approximate surface area is 120 Å². The number of nitriles is 1. The van der Waals surface area contributed by atoms with Gasteiger partial charge in [-0.1, -0.05) is 18.2 Å². The van der Waals surface area contributed by atoms with E-state index in [1.807, 2.05) is 36.4 Å². The van der Waals surface area contributed by atoms with Crippen LogP contribution in [0.5, 0.6) is 11.5 Å². The van der Waals surface area contributed by atoms with E-state index >= 15 is 0 Å². The topological polar surface area (TPSA) is 70.9 Å². The summed E-state index contributed by atoms with van der Waals surface area (Å²) in [5.41, 5.74) is 2.04. The molecule has 1 aliphatic heterocycles. The SMILES string of the molecule is N#Cc1cccc2[nH]c(C3COc4ccccc4O3)nc12. The first kappa shape index (κ1) is 11.8. The summed E-state index contributed by atoms with van der Waals surface area (Å²) >= 11 is 0. The number of nitrogens with zero attached hydrogens (tertiary/aromatic N) is 2. The van der Waals surface area contributed by atoms with E-state index in [-0.39, 0.29) is 6.10 Å². The van der Waals surface area contributed by atoms with Crippen LogP contribution in [0.25, 0.3) is 11.0 Å². The highest BCUT2D eigenvalue weighted by atomic mass is 16.6. The second-order valence-electron chi connectivity index (χ2n) is 4.80. The molecule has 0 radical (unpaired) electrons. The minimum Gasteiger partial charge on any atom is -0.485 e. The molecule has 0 aliphatic carbocycles. The van der Waals surface area contributed by atoms with Gasteiger partial charge in [0, 0.05) is 0 Å². The maximum Gasteiger partial charge on any atom is 0.190 e. The molecule has 0 saturated carbocycles. The monoisotopic (exact) mass is 277 g/mol. The molecule has 2 heterocycles. The molecule has 5 heteroatoms. The van der Waals surface area contributed by atoms with Crippen LogP contribution in [-0.2, 0) is 0 Å². The molecule has 1 aromatic heterocycles. The lowest BCUT2D eigenvalue weighted by Crippen LogP contribution is -2.22. The molecule has 1 atom stereocenters. The van der Waals surface area contributed by atoms with E-state index in [4.69, 9.17) is 14.7 Å². The van der Waals surface area contributed by atoms with E-state index in [9.17, 15) is 0 Å². The number of hydrogen-bond acceptors (Lipinski definition) is 4. The zero-order valence-corrected chi connectivity index (χ0v) is 11.0. The summed E-state index contributed by atoms with van der Waals surface area (Å²) in [6.45, 7) is 0.388. The number of hydrogen-bond donors (Lipinski definition) is 1. The standard InChI is InChI=1S/C16H11N3O2/c17-8-10-4-3-5-11-15(10)19-16(18-11)14-9-20-12-6-1-2-7-13(12)21-14/h1-7,14H,9H2,(H,18,19). The van der Waals surface area contributed by atoms with Gasteiger partial charge >= 0.3 is 0 Å². The van der Waals surface area contributed by atoms with Gasteiger partial charge in [-0.15, -0.1) is 0 Å². The van der Waals surface area contributed by atoms with Crippen molar-refractivity contribution < 1.29 is 9.47 Å². The first-order valence-corrected chi connectivity index (χ1v) is 6.62. The van der Waals surface area contributed by atoms with E-state index in [1.54, 1.807) is 6.07 Å². The van der Waals surface area contributed by atoms with Crippen molar-refractivity contribution in [3.8, 4) is 17.6 Å². The van der Waals surface area contributed by atoms with Crippen LogP contribution in [0.2, 0.25) is 0 Å². The summed E-state index contributed by atoms with van der Waals surface area (Å²) in [4.78, 5) is 7.70. The number of aromatic nitrogens is 2. The molecule has 1 N–H and O–H groups in total. The van der Waals surface area contributed by atoms with Gasteiger partial charge in [0.15, 0.2) is 23.4 Å². The molecular weight excluding hydrogens is 266 g/mol. The molecule has 102 valence electrons. The summed E-state index contributed by atoms with van der Waals surface area (Å²) in [7, 11) is 0. The molecule has 4 rings (SSSR count). The molecule has 3 aromatic rings. The lowest BCUT2D eigenvalue weighted by molar-refractivity contribution is 0.0859. The van der Waals surface area contributed by atoms with Crippen LogP contribution in [0, 0.1) is 11.3 Å². The van der Waals surface area contributed by atoms with Crippen molar-refractivity contribution in [3.05, 3.63) is 53.9 Å². The molecule has 1 unspecified atom stereocenters. The van der Waals surface area contributed by atoms with Gasteiger partial charge in [-0.25, -0.2) is 4.98 Å². The van der Waals surface area contributed by atoms with Gasteiger partial charge in [-0.05, 0) is 24.3 Å². The van der Waals surface area contributed by atoms with Crippen molar-refractivity contribution >= 4 is 11.0 Å². The Kier molecular flexibility index (Phi) is 2.54. The molecule has 1 aliphatic rings. The number of fused-ring (bicyclic) bond motifs is 2. The smallest absolute Gasteiger partial charge is 0.190 e. The third kappa shape index (κ3) is 1.89. The second-order valence-corrected chi connectivity index (χ2v) is 4.80. The third-order valence-electron chi connectivity index (χ3n) is 3.47. The van der Waals surface area contributed by atoms with Gasteiger partial charge in [-0.2, -0.15) is 5.26 Å². The molecule has 21 heavy (non-hydrogen) atoms. The number of rotatable bonds is 1. The van der Waals surface area contributed by atoms with Crippen molar-refractivity contribution in [1.82, 2.24) is 9.97 Å². The van der Waals surface area contributed by atoms with Crippen molar-refractivity contribution in [1.29, 1.82) is 5.26 Å². The molecule has 5 nitrogen and oxygen atoms in total. The average Bonchev–Trinajstić information content (AvgIpc) is 2.98. The van der Waals surface area contributed by atoms with E-state index in [2.05, 4.69) is 16.0 Å². The number of ether oxygens (including phenoxy) is 2. The van der Waals surface area contributed by atoms with Crippen molar-refractivity contribution in [2.45, 2.75) is 6.10 Å². The number of aromatic amines is 1. The van der Waals surface area contributed by atoms with Crippen LogP contribution in [-0.4, -0.2) is 16.6 Å². The van der Waals surface area contributed by atoms with Gasteiger partial charge in [0.05, 0.1) is 11.1 Å². The average molecular weight is 277 g/mol. The Morgan fingerprint density at radius 3 is 2.86 bits per heavy atom. The van der Waals surface area contributed by atoms with Crippen LogP contribution in [0.15, 0.2) is 42.5 Å². The molecule has 2 aromatic carbocycles. The maximum absolute atomic E-state index is 9.13. The predicted molar refractivity (Wildman–Crippen MR) is 76.1 cm³/mol. The molecule has 0 saturated heterocycles. The Hall–Kier alpha value is -3.00. The zero-order chi connectivity index (χ0) is 14.2. The van der Waals surface area contributed by atoms with E-state index in [0.717, 1.165) is 11.3 Å². The lowest BCUT2D eigenvalue weighted by Gasteiger charge is -2.24. The Morgan fingerprint density at radius 1 is 1.14 bits per heavy atom. The van der Waals surface area contributed by atoms with Gasteiger partial charge < -0.3 is 14.5 Å². The van der Waals surface area contributed by atoms with Crippen LogP contribution >= 0.6 is 0 Å². The van der Waals surface area contributed by atoms with E-state index in [1.165, 1.54) is 0 Å².